The summed E-state index contributed by atoms with van der Waals surface area (Å²) in [7, 11) is -11.7. The number of benzene rings is 3. The van der Waals surface area contributed by atoms with Crippen molar-refractivity contribution in [3.63, 3.8) is 0 Å². The summed E-state index contributed by atoms with van der Waals surface area (Å²) in [4.78, 5) is 78.7. The lowest BCUT2D eigenvalue weighted by Crippen LogP contribution is -2.44. The number of aryl methyl sites for hydroxylation is 3. The fourth-order valence-electron chi connectivity index (χ4n) is 14.7. The molecule has 5 atom stereocenters. The maximum absolute atomic E-state index is 12.3. The molecule has 45 heteroatoms. The number of anilines is 5. The van der Waals surface area contributed by atoms with Crippen LogP contribution in [-0.4, -0.2) is 310 Å². The van der Waals surface area contributed by atoms with Gasteiger partial charge in [0.15, 0.2) is 29.1 Å². The predicted octanol–water partition coefficient (Wildman–Crippen LogP) is 10.6. The molecule has 15 heterocycles. The minimum Gasteiger partial charge on any atom is -0.377 e. The highest BCUT2D eigenvalue weighted by atomic mass is 32.2. The van der Waals surface area contributed by atoms with Gasteiger partial charge in [-0.15, -0.1) is 0 Å². The number of hydrogen-bond acceptors (Lipinski definition) is 35. The fraction of sp³-hybridized carbons (Fsp3) is 0.447. The average molecular weight is 1870 g/mol. The summed E-state index contributed by atoms with van der Waals surface area (Å²) in [6.45, 7) is 26.4. The molecule has 0 radical (unpaired) electrons. The van der Waals surface area contributed by atoms with Crippen LogP contribution in [0.5, 0.6) is 0 Å². The first kappa shape index (κ1) is 94.6. The van der Waals surface area contributed by atoms with Crippen molar-refractivity contribution in [2.24, 2.45) is 21.8 Å². The zero-order chi connectivity index (χ0) is 92.6. The van der Waals surface area contributed by atoms with E-state index in [-0.39, 0.29) is 30.2 Å². The molecule has 18 rings (SSSR count). The molecule has 0 saturated carbocycles. The van der Waals surface area contributed by atoms with E-state index in [4.69, 9.17) is 38.6 Å². The van der Waals surface area contributed by atoms with E-state index in [1.54, 1.807) is 140 Å². The molecule has 13 aromatic rings. The number of nitrogens with zero attached hydrogens (tertiary/aromatic N) is 30. The van der Waals surface area contributed by atoms with Crippen molar-refractivity contribution in [3.05, 3.63) is 158 Å². The number of imidazole rings is 5. The molecule has 0 spiro atoms. The van der Waals surface area contributed by atoms with E-state index in [9.17, 15) is 21.0 Å². The molecule has 5 saturated heterocycles. The summed E-state index contributed by atoms with van der Waals surface area (Å²) in [5, 5.41) is 0. The van der Waals surface area contributed by atoms with Crippen LogP contribution in [0.4, 0.5) is 58.2 Å². The molecule has 0 unspecified atom stereocenters. The zero-order valence-electron chi connectivity index (χ0n) is 76.3. The molecular weight excluding hydrogens is 1760 g/mol. The molecule has 0 amide bonds. The zero-order valence-corrected chi connectivity index (χ0v) is 80.4. The third-order valence-electron chi connectivity index (χ3n) is 20.5. The van der Waals surface area contributed by atoms with Crippen LogP contribution in [0, 0.1) is 20.8 Å². The minimum atomic E-state index is -2.36. The van der Waals surface area contributed by atoms with Gasteiger partial charge in [-0.2, -0.15) is 71.7 Å². The Labute approximate surface area is 758 Å². The van der Waals surface area contributed by atoms with E-state index in [1.807, 2.05) is 101 Å². The van der Waals surface area contributed by atoms with Gasteiger partial charge in [-0.05, 0) is 97.4 Å². The maximum atomic E-state index is 12.3. The van der Waals surface area contributed by atoms with Crippen LogP contribution in [-0.2, 0) is 72.3 Å². The average Bonchev–Trinajstić information content (AvgIpc) is 1.58. The van der Waals surface area contributed by atoms with Crippen LogP contribution in [0.15, 0.2) is 163 Å². The molecule has 0 bridgehead atoms. The van der Waals surface area contributed by atoms with Crippen molar-refractivity contribution >= 4 is 140 Å². The van der Waals surface area contributed by atoms with Gasteiger partial charge in [0.25, 0.3) is 0 Å². The maximum Gasteiger partial charge on any atom is 0.239 e. The van der Waals surface area contributed by atoms with E-state index in [2.05, 4.69) is 147 Å². The van der Waals surface area contributed by atoms with E-state index in [0.29, 0.717) is 125 Å². The second-order valence-corrected chi connectivity index (χ2v) is 46.2. The van der Waals surface area contributed by atoms with E-state index >= 15 is 0 Å². The number of morpholine rings is 5. The standard InChI is InChI=1S/2C19H24N6O2S.C18H22N6O2S.C15H22N6O2S.C14H20N6O2S/c1-13-5-6-15-16(9-13)25(12-20-15)19-21-17(23-28(3,4)26)10-18(22-19)24-7-8-27-11-14(24)2;1-13-12-27-10-9-24(13)18-11-17(23-28(3,4)26)21-19(22-18)25-14(2)20-15-7-5-6-8-16(15)25;1-13-11-26-9-8-23(13)17-10-16(22-27(2,3)25)20-18(21-17)24-12-19-14-6-4-5-7-15(14)24;1-11-8-20(10-16-11)15-17-13(19-24(3,4)22)7-14(18-15)21-5-6-23-9-12(21)2;1-11-9-22-7-6-20(11)13-8-12(18-23(2,3)21)16-14(17-13)19-5-4-15-10-19/h5-6,9-10,12,14H,7-8,11H2,1-4H3;5-8,11,13H,9-10,12H2,1-4H3;4-7,10,12-13H,8-9,11H2,1-3H3;7-8,10,12H,5-6,9H2,1-4H3;4-5,8,10-11H,6-7,9H2,1-3H3/t14-;2*13-;12-;11-/m11111/s1. The molecule has 10 aromatic heterocycles. The number of hydrogen-bond donors (Lipinski definition) is 0. The number of fused-ring (bicyclic) bond motifs is 3. The highest BCUT2D eigenvalue weighted by molar-refractivity contribution is 7.93. The van der Waals surface area contributed by atoms with Gasteiger partial charge < -0.3 is 48.2 Å². The highest BCUT2D eigenvalue weighted by Gasteiger charge is 2.29. The second-order valence-electron chi connectivity index (χ2n) is 33.5. The molecule has 5 aliphatic rings. The summed E-state index contributed by atoms with van der Waals surface area (Å²) in [5.74, 6) is 8.90. The molecule has 40 nitrogen and oxygen atoms in total. The van der Waals surface area contributed by atoms with Gasteiger partial charge in [-0.25, -0.2) is 46.0 Å². The third-order valence-corrected chi connectivity index (χ3v) is 23.6. The lowest BCUT2D eigenvalue weighted by Gasteiger charge is -2.34. The number of ether oxygens (including phenoxy) is 5. The molecule has 0 N–H and O–H groups in total. The molecule has 5 aliphatic heterocycles. The van der Waals surface area contributed by atoms with Crippen molar-refractivity contribution in [1.29, 1.82) is 0 Å². The van der Waals surface area contributed by atoms with Crippen LogP contribution in [0.1, 0.15) is 51.7 Å². The summed E-state index contributed by atoms with van der Waals surface area (Å²) >= 11 is 0. The lowest BCUT2D eigenvalue weighted by atomic mass is 10.2. The van der Waals surface area contributed by atoms with Crippen LogP contribution < -0.4 is 24.5 Å². The van der Waals surface area contributed by atoms with Crippen LogP contribution >= 0.6 is 0 Å². The summed E-state index contributed by atoms with van der Waals surface area (Å²) in [6, 6.07) is 31.6. The first-order valence-electron chi connectivity index (χ1n) is 42.1. The van der Waals surface area contributed by atoms with Gasteiger partial charge >= 0.3 is 0 Å². The first-order valence-corrected chi connectivity index (χ1v) is 53.8. The molecule has 0 aliphatic carbocycles. The van der Waals surface area contributed by atoms with Crippen molar-refractivity contribution in [3.8, 4) is 29.7 Å². The van der Waals surface area contributed by atoms with Crippen molar-refractivity contribution in [2.75, 3.05) is 186 Å². The Balaban J connectivity index is 0.000000131. The van der Waals surface area contributed by atoms with Crippen molar-refractivity contribution < 1.29 is 44.7 Å². The molecule has 3 aromatic carbocycles. The molecular formula is C85H112N30O10S5. The Morgan fingerprint density at radius 2 is 0.677 bits per heavy atom. The van der Waals surface area contributed by atoms with Crippen LogP contribution in [0.3, 0.4) is 0 Å². The molecule has 130 heavy (non-hydrogen) atoms. The van der Waals surface area contributed by atoms with E-state index in [1.165, 1.54) is 0 Å². The van der Waals surface area contributed by atoms with Gasteiger partial charge in [0, 0.05) is 193 Å². The quantitative estimate of drug-likeness (QED) is 0.0920. The summed E-state index contributed by atoms with van der Waals surface area (Å²) in [5.41, 5.74) is 7.36. The molecule has 5 fully saturated rings. The second kappa shape index (κ2) is 40.4. The van der Waals surface area contributed by atoms with Crippen molar-refractivity contribution in [1.82, 2.24) is 97.6 Å². The SMILES string of the molecule is C[C@@H]1COCCN1c1cc(N=S(C)(C)=O)nc(-n2ccnc2)n1.C[C@@H]1COCCN1c1cc(N=S(C)(C)=O)nc(-n2cnc3ccccc32)n1.Cc1ccc2ncn(-c3nc(N=S(C)(C)=O)cc(N4CCOC[C@H]4C)n3)c2c1.Cc1cn(-c2nc(N=S(C)(C)=O)cc(N3CCOC[C@H]3C)n2)cn1.Cc1nc2ccccc2n1-c1nc(N=S(C)(C)=O)cc(N2CCOC[C@H]2C)n1. The highest BCUT2D eigenvalue weighted by Crippen LogP contribution is 2.33. The normalized spacial score (nSPS) is 18.2. The number of rotatable bonds is 15. The van der Waals surface area contributed by atoms with Crippen LogP contribution in [0.2, 0.25) is 0 Å². The van der Waals surface area contributed by atoms with Gasteiger partial charge in [-0.3, -0.25) is 22.8 Å². The van der Waals surface area contributed by atoms with Gasteiger partial charge in [0.1, 0.15) is 60.2 Å². The Kier molecular flexibility index (Phi) is 29.4. The summed E-state index contributed by atoms with van der Waals surface area (Å²) < 4.78 is 119. The van der Waals surface area contributed by atoms with Crippen LogP contribution in [0.25, 0.3) is 62.8 Å². The molecule has 692 valence electrons. The first-order chi connectivity index (χ1) is 61.8. The predicted molar refractivity (Wildman–Crippen MR) is 511 cm³/mol. The summed E-state index contributed by atoms with van der Waals surface area (Å²) in [6.07, 6.45) is 27.9. The smallest absolute Gasteiger partial charge is 0.239 e. The number of para-hydroxylation sites is 4. The van der Waals surface area contributed by atoms with Gasteiger partial charge in [0.05, 0.1) is 135 Å². The number of aromatic nitrogens is 20. The monoisotopic (exact) mass is 1870 g/mol. The minimum absolute atomic E-state index is 0.178. The Morgan fingerprint density at radius 1 is 0.338 bits per heavy atom. The van der Waals surface area contributed by atoms with Gasteiger partial charge in [-0.1, -0.05) is 30.3 Å². The van der Waals surface area contributed by atoms with Gasteiger partial charge in [0.2, 0.25) is 29.7 Å². The lowest BCUT2D eigenvalue weighted by molar-refractivity contribution is 0.0985. The Morgan fingerprint density at radius 3 is 1.05 bits per heavy atom. The van der Waals surface area contributed by atoms with E-state index in [0.717, 1.165) is 112 Å². The fourth-order valence-corrected chi connectivity index (χ4v) is 17.5. The largest absolute Gasteiger partial charge is 0.377 e. The van der Waals surface area contributed by atoms with Crippen molar-refractivity contribution in [2.45, 2.75) is 85.6 Å². The Bertz CT molecular complexity index is 6900. The third kappa shape index (κ3) is 24.9. The topological polar surface area (TPSA) is 428 Å². The Hall–Kier alpha value is -11.6. The van der Waals surface area contributed by atoms with E-state index < -0.39 is 48.6 Å².